The highest BCUT2D eigenvalue weighted by Crippen LogP contribution is 2.31. The first-order valence-electron chi connectivity index (χ1n) is 8.12. The van der Waals surface area contributed by atoms with Gasteiger partial charge in [-0.2, -0.15) is 0 Å². The molecule has 0 bridgehead atoms. The third-order valence-corrected chi connectivity index (χ3v) is 4.94. The van der Waals surface area contributed by atoms with E-state index in [2.05, 4.69) is 9.80 Å². The van der Waals surface area contributed by atoms with Crippen molar-refractivity contribution in [3.05, 3.63) is 29.6 Å². The fourth-order valence-electron chi connectivity index (χ4n) is 3.81. The van der Waals surface area contributed by atoms with Gasteiger partial charge in [0.2, 0.25) is 0 Å². The highest BCUT2D eigenvalue weighted by Gasteiger charge is 2.27. The number of benzene rings is 1. The summed E-state index contributed by atoms with van der Waals surface area (Å²) in [6, 6.07) is 5.85. The summed E-state index contributed by atoms with van der Waals surface area (Å²) in [5, 5.41) is 9.86. The third kappa shape index (κ3) is 3.06. The number of hydrogen-bond acceptors (Lipinski definition) is 3. The van der Waals surface area contributed by atoms with E-state index in [-0.39, 0.29) is 5.82 Å². The van der Waals surface area contributed by atoms with Gasteiger partial charge < -0.3 is 10.0 Å². The van der Waals surface area contributed by atoms with E-state index < -0.39 is 6.10 Å². The molecule has 1 N–H and O–H groups in total. The summed E-state index contributed by atoms with van der Waals surface area (Å²) < 4.78 is 14.0. The second kappa shape index (κ2) is 6.32. The summed E-state index contributed by atoms with van der Waals surface area (Å²) in [7, 11) is 0. The molecule has 3 nitrogen and oxygen atoms in total. The summed E-state index contributed by atoms with van der Waals surface area (Å²) in [5.74, 6) is -0.305. The van der Waals surface area contributed by atoms with E-state index >= 15 is 0 Å². The average Bonchev–Trinajstić information content (AvgIpc) is 3.01. The maximum absolute atomic E-state index is 14.0. The molecule has 0 radical (unpaired) electrons. The first-order chi connectivity index (χ1) is 10.2. The number of piperazine rings is 1. The van der Waals surface area contributed by atoms with Gasteiger partial charge in [0.05, 0.1) is 6.10 Å². The zero-order valence-electron chi connectivity index (χ0n) is 12.8. The molecule has 2 fully saturated rings. The quantitative estimate of drug-likeness (QED) is 0.928. The van der Waals surface area contributed by atoms with Crippen LogP contribution in [-0.2, 0) is 0 Å². The van der Waals surface area contributed by atoms with Gasteiger partial charge in [0.1, 0.15) is 5.82 Å². The van der Waals surface area contributed by atoms with Crippen LogP contribution in [0.2, 0.25) is 0 Å². The molecule has 21 heavy (non-hydrogen) atoms. The Morgan fingerprint density at radius 1 is 1.14 bits per heavy atom. The van der Waals surface area contributed by atoms with Crippen LogP contribution in [-0.4, -0.2) is 42.2 Å². The zero-order chi connectivity index (χ0) is 14.8. The van der Waals surface area contributed by atoms with Crippen LogP contribution >= 0.6 is 0 Å². The van der Waals surface area contributed by atoms with Gasteiger partial charge >= 0.3 is 0 Å². The molecule has 1 atom stereocenters. The molecule has 0 spiro atoms. The third-order valence-electron chi connectivity index (χ3n) is 4.94. The predicted molar refractivity (Wildman–Crippen MR) is 83.1 cm³/mol. The molecule has 1 aromatic rings. The zero-order valence-corrected chi connectivity index (χ0v) is 12.8. The Morgan fingerprint density at radius 3 is 2.43 bits per heavy atom. The molecule has 0 amide bonds. The lowest BCUT2D eigenvalue weighted by molar-refractivity contribution is 0.183. The van der Waals surface area contributed by atoms with Crippen LogP contribution < -0.4 is 4.90 Å². The van der Waals surface area contributed by atoms with Crippen LogP contribution in [0, 0.1) is 5.82 Å². The molecule has 1 aliphatic carbocycles. The van der Waals surface area contributed by atoms with Crippen molar-refractivity contribution in [2.45, 2.75) is 44.8 Å². The second-order valence-electron chi connectivity index (χ2n) is 6.31. The minimum Gasteiger partial charge on any atom is -0.389 e. The van der Waals surface area contributed by atoms with E-state index in [0.717, 1.165) is 37.9 Å². The summed E-state index contributed by atoms with van der Waals surface area (Å²) in [6.07, 6.45) is 4.62. The van der Waals surface area contributed by atoms with Crippen molar-refractivity contribution >= 4 is 5.69 Å². The molecular formula is C17H25FN2O. The molecule has 4 heteroatoms. The van der Waals surface area contributed by atoms with Gasteiger partial charge in [-0.05, 0) is 31.9 Å². The van der Waals surface area contributed by atoms with Gasteiger partial charge in [-0.25, -0.2) is 4.39 Å². The van der Waals surface area contributed by atoms with Crippen LogP contribution in [0.1, 0.15) is 44.3 Å². The van der Waals surface area contributed by atoms with Gasteiger partial charge in [0.25, 0.3) is 0 Å². The number of rotatable bonds is 3. The van der Waals surface area contributed by atoms with Crippen LogP contribution in [0.25, 0.3) is 0 Å². The summed E-state index contributed by atoms with van der Waals surface area (Å²) in [5.41, 5.74) is 1.29. The van der Waals surface area contributed by atoms with E-state index in [0.29, 0.717) is 5.56 Å². The highest BCUT2D eigenvalue weighted by atomic mass is 19.1. The van der Waals surface area contributed by atoms with Crippen LogP contribution in [0.5, 0.6) is 0 Å². The Labute approximate surface area is 126 Å². The molecule has 1 heterocycles. The molecule has 1 aliphatic heterocycles. The second-order valence-corrected chi connectivity index (χ2v) is 6.31. The van der Waals surface area contributed by atoms with E-state index in [1.165, 1.54) is 31.7 Å². The Hall–Kier alpha value is -1.13. The lowest BCUT2D eigenvalue weighted by Gasteiger charge is -2.40. The van der Waals surface area contributed by atoms with Crippen molar-refractivity contribution < 1.29 is 9.50 Å². The molecule has 1 aromatic carbocycles. The van der Waals surface area contributed by atoms with Crippen molar-refractivity contribution in [3.63, 3.8) is 0 Å². The number of hydrogen-bond donors (Lipinski definition) is 1. The van der Waals surface area contributed by atoms with Gasteiger partial charge in [-0.15, -0.1) is 0 Å². The first kappa shape index (κ1) is 14.8. The van der Waals surface area contributed by atoms with Crippen LogP contribution in [0.4, 0.5) is 10.1 Å². The summed E-state index contributed by atoms with van der Waals surface area (Å²) in [4.78, 5) is 4.81. The van der Waals surface area contributed by atoms with E-state index in [9.17, 15) is 9.50 Å². The fourth-order valence-corrected chi connectivity index (χ4v) is 3.81. The Bertz CT molecular complexity index is 478. The lowest BCUT2D eigenvalue weighted by atomic mass is 10.1. The Balaban J connectivity index is 1.70. The van der Waals surface area contributed by atoms with Crippen molar-refractivity contribution in [3.8, 4) is 0 Å². The van der Waals surface area contributed by atoms with Crippen molar-refractivity contribution in [1.82, 2.24) is 4.90 Å². The maximum atomic E-state index is 14.0. The normalized spacial score (nSPS) is 22.7. The molecule has 3 rings (SSSR count). The van der Waals surface area contributed by atoms with Gasteiger partial charge in [-0.1, -0.05) is 18.9 Å². The SMILES string of the molecule is C[C@@H](O)c1c(F)cccc1N1CCN(C2CCCC2)CC1. The van der Waals surface area contributed by atoms with Gasteiger partial charge in [0, 0.05) is 43.5 Å². The number of nitrogens with zero attached hydrogens (tertiary/aromatic N) is 2. The molecule has 116 valence electrons. The Morgan fingerprint density at radius 2 is 1.81 bits per heavy atom. The maximum Gasteiger partial charge on any atom is 0.131 e. The standard InChI is InChI=1S/C17H25FN2O/c1-13(21)17-15(18)7-4-8-16(17)20-11-9-19(10-12-20)14-5-2-3-6-14/h4,7-8,13-14,21H,2-3,5-6,9-12H2,1H3/t13-/m1/s1. The lowest BCUT2D eigenvalue weighted by Crippen LogP contribution is -2.50. The minimum atomic E-state index is -0.769. The highest BCUT2D eigenvalue weighted by molar-refractivity contribution is 5.55. The number of aliphatic hydroxyl groups excluding tert-OH is 1. The topological polar surface area (TPSA) is 26.7 Å². The average molecular weight is 292 g/mol. The molecular weight excluding hydrogens is 267 g/mol. The van der Waals surface area contributed by atoms with Gasteiger partial charge in [0.15, 0.2) is 0 Å². The largest absolute Gasteiger partial charge is 0.389 e. The minimum absolute atomic E-state index is 0.305. The van der Waals surface area contributed by atoms with E-state index in [1.807, 2.05) is 6.07 Å². The first-order valence-corrected chi connectivity index (χ1v) is 8.12. The molecule has 0 aromatic heterocycles. The van der Waals surface area contributed by atoms with E-state index in [1.54, 1.807) is 13.0 Å². The smallest absolute Gasteiger partial charge is 0.131 e. The summed E-state index contributed by atoms with van der Waals surface area (Å²) >= 11 is 0. The molecule has 1 saturated carbocycles. The Kier molecular flexibility index (Phi) is 4.45. The van der Waals surface area contributed by atoms with E-state index in [4.69, 9.17) is 0 Å². The van der Waals surface area contributed by atoms with Crippen LogP contribution in [0.15, 0.2) is 18.2 Å². The molecule has 2 aliphatic rings. The van der Waals surface area contributed by atoms with Crippen LogP contribution in [0.3, 0.4) is 0 Å². The monoisotopic (exact) mass is 292 g/mol. The number of aliphatic hydroxyl groups is 1. The molecule has 1 saturated heterocycles. The van der Waals surface area contributed by atoms with Crippen molar-refractivity contribution in [2.24, 2.45) is 0 Å². The summed E-state index contributed by atoms with van der Waals surface area (Å²) in [6.45, 7) is 5.55. The number of anilines is 1. The fraction of sp³-hybridized carbons (Fsp3) is 0.647. The van der Waals surface area contributed by atoms with Gasteiger partial charge in [-0.3, -0.25) is 4.90 Å². The predicted octanol–water partition coefficient (Wildman–Crippen LogP) is 2.94. The molecule has 0 unspecified atom stereocenters. The van der Waals surface area contributed by atoms with Crippen molar-refractivity contribution in [1.29, 1.82) is 0 Å². The number of halogens is 1. The van der Waals surface area contributed by atoms with Crippen molar-refractivity contribution in [2.75, 3.05) is 31.1 Å².